The van der Waals surface area contributed by atoms with Crippen molar-refractivity contribution in [1.82, 2.24) is 9.80 Å². The van der Waals surface area contributed by atoms with Crippen molar-refractivity contribution >= 4 is 29.1 Å². The molecule has 1 N–H and O–H groups in total. The molecule has 2 amide bonds. The van der Waals surface area contributed by atoms with Crippen LogP contribution >= 0.6 is 11.3 Å². The van der Waals surface area contributed by atoms with Crippen LogP contribution in [0.1, 0.15) is 35.4 Å². The second-order valence-corrected chi connectivity index (χ2v) is 7.02. The predicted molar refractivity (Wildman–Crippen MR) is 85.3 cm³/mol. The first-order valence-electron chi connectivity index (χ1n) is 7.94. The molecule has 6 nitrogen and oxygen atoms in total. The van der Waals surface area contributed by atoms with E-state index in [4.69, 9.17) is 5.11 Å². The fraction of sp³-hybridized carbons (Fsp3) is 0.562. The van der Waals surface area contributed by atoms with Crippen LogP contribution in [0.3, 0.4) is 0 Å². The first kappa shape index (κ1) is 16.0. The van der Waals surface area contributed by atoms with E-state index in [9.17, 15) is 14.4 Å². The Morgan fingerprint density at radius 2 is 1.87 bits per heavy atom. The van der Waals surface area contributed by atoms with Crippen molar-refractivity contribution < 1.29 is 19.5 Å². The minimum Gasteiger partial charge on any atom is -0.481 e. The topological polar surface area (TPSA) is 77.9 Å². The standard InChI is InChI=1S/C16H20N2O4S/c19-14(17-8-5-11(6-9-17)16(21)22)12-3-1-7-18(12)15(20)13-4-2-10-23-13/h2,4,10-12H,1,3,5-9H2,(H,21,22). The van der Waals surface area contributed by atoms with Gasteiger partial charge < -0.3 is 14.9 Å². The monoisotopic (exact) mass is 336 g/mol. The summed E-state index contributed by atoms with van der Waals surface area (Å²) < 4.78 is 0. The molecule has 124 valence electrons. The number of carbonyl (C=O) groups is 3. The van der Waals surface area contributed by atoms with Gasteiger partial charge >= 0.3 is 5.97 Å². The molecule has 23 heavy (non-hydrogen) atoms. The number of hydrogen-bond acceptors (Lipinski definition) is 4. The molecular weight excluding hydrogens is 316 g/mol. The molecule has 0 spiro atoms. The Bertz CT molecular complexity index is 593. The Kier molecular flexibility index (Phi) is 4.66. The fourth-order valence-electron chi connectivity index (χ4n) is 3.37. The number of likely N-dealkylation sites (tertiary alicyclic amines) is 2. The van der Waals surface area contributed by atoms with Crippen molar-refractivity contribution in [3.63, 3.8) is 0 Å². The molecule has 3 heterocycles. The summed E-state index contributed by atoms with van der Waals surface area (Å²) in [6.45, 7) is 1.54. The number of carboxylic acids is 1. The molecule has 2 aliphatic rings. The molecule has 1 aromatic rings. The average Bonchev–Trinajstić information content (AvgIpc) is 3.25. The van der Waals surface area contributed by atoms with E-state index in [1.807, 2.05) is 11.4 Å². The summed E-state index contributed by atoms with van der Waals surface area (Å²) in [6.07, 6.45) is 2.51. The summed E-state index contributed by atoms with van der Waals surface area (Å²) in [5, 5.41) is 10.9. The summed E-state index contributed by atoms with van der Waals surface area (Å²) in [6, 6.07) is 3.22. The van der Waals surface area contributed by atoms with Gasteiger partial charge in [-0.15, -0.1) is 11.3 Å². The van der Waals surface area contributed by atoms with Crippen molar-refractivity contribution in [1.29, 1.82) is 0 Å². The van der Waals surface area contributed by atoms with Gasteiger partial charge in [0.05, 0.1) is 10.8 Å². The van der Waals surface area contributed by atoms with E-state index in [1.54, 1.807) is 15.9 Å². The van der Waals surface area contributed by atoms with Crippen LogP contribution in [0.25, 0.3) is 0 Å². The minimum absolute atomic E-state index is 0.0313. The molecule has 2 aliphatic heterocycles. The average molecular weight is 336 g/mol. The fourth-order valence-corrected chi connectivity index (χ4v) is 4.04. The largest absolute Gasteiger partial charge is 0.481 e. The Morgan fingerprint density at radius 1 is 1.13 bits per heavy atom. The van der Waals surface area contributed by atoms with Crippen molar-refractivity contribution in [3.05, 3.63) is 22.4 Å². The molecular formula is C16H20N2O4S. The van der Waals surface area contributed by atoms with Gasteiger partial charge in [0.2, 0.25) is 5.91 Å². The SMILES string of the molecule is O=C(O)C1CCN(C(=O)C2CCCN2C(=O)c2cccs2)CC1. The molecule has 2 saturated heterocycles. The maximum Gasteiger partial charge on any atom is 0.306 e. The lowest BCUT2D eigenvalue weighted by Gasteiger charge is -2.34. The molecule has 0 aliphatic carbocycles. The summed E-state index contributed by atoms with van der Waals surface area (Å²) in [7, 11) is 0. The molecule has 1 unspecified atom stereocenters. The van der Waals surface area contributed by atoms with Crippen LogP contribution in [-0.4, -0.2) is 58.4 Å². The molecule has 3 rings (SSSR count). The number of amides is 2. The first-order valence-corrected chi connectivity index (χ1v) is 8.82. The van der Waals surface area contributed by atoms with Gasteiger partial charge in [-0.3, -0.25) is 14.4 Å². The van der Waals surface area contributed by atoms with Crippen molar-refractivity contribution in [2.75, 3.05) is 19.6 Å². The van der Waals surface area contributed by atoms with Gasteiger partial charge in [-0.2, -0.15) is 0 Å². The maximum absolute atomic E-state index is 12.7. The van der Waals surface area contributed by atoms with E-state index in [0.717, 1.165) is 6.42 Å². The quantitative estimate of drug-likeness (QED) is 0.911. The smallest absolute Gasteiger partial charge is 0.306 e. The third-order valence-corrected chi connectivity index (χ3v) is 5.54. The van der Waals surface area contributed by atoms with Crippen LogP contribution in [0.5, 0.6) is 0 Å². The summed E-state index contributed by atoms with van der Waals surface area (Å²) in [5.41, 5.74) is 0. The van der Waals surface area contributed by atoms with Crippen LogP contribution < -0.4 is 0 Å². The number of carbonyl (C=O) groups excluding carboxylic acids is 2. The molecule has 0 radical (unpaired) electrons. The molecule has 0 aromatic carbocycles. The number of rotatable bonds is 3. The van der Waals surface area contributed by atoms with Crippen LogP contribution in [0.2, 0.25) is 0 Å². The number of piperidine rings is 1. The molecule has 0 bridgehead atoms. The van der Waals surface area contributed by atoms with E-state index in [0.29, 0.717) is 43.8 Å². The zero-order valence-corrected chi connectivity index (χ0v) is 13.6. The Labute approximate surface area is 138 Å². The number of nitrogens with zero attached hydrogens (tertiary/aromatic N) is 2. The van der Waals surface area contributed by atoms with Crippen molar-refractivity contribution in [2.45, 2.75) is 31.7 Å². The van der Waals surface area contributed by atoms with Gasteiger partial charge in [0.25, 0.3) is 5.91 Å². The first-order chi connectivity index (χ1) is 11.1. The lowest BCUT2D eigenvalue weighted by molar-refractivity contribution is -0.146. The minimum atomic E-state index is -0.785. The highest BCUT2D eigenvalue weighted by Crippen LogP contribution is 2.26. The highest BCUT2D eigenvalue weighted by Gasteiger charge is 2.38. The molecule has 0 saturated carbocycles. The number of thiophene rings is 1. The molecule has 1 aromatic heterocycles. The second-order valence-electron chi connectivity index (χ2n) is 6.07. The van der Waals surface area contributed by atoms with Gasteiger partial charge in [0.1, 0.15) is 6.04 Å². The zero-order chi connectivity index (χ0) is 16.4. The van der Waals surface area contributed by atoms with Crippen LogP contribution in [-0.2, 0) is 9.59 Å². The summed E-state index contributed by atoms with van der Waals surface area (Å²) in [5.74, 6) is -1.24. The van der Waals surface area contributed by atoms with Gasteiger partial charge in [-0.25, -0.2) is 0 Å². The third kappa shape index (κ3) is 3.24. The zero-order valence-electron chi connectivity index (χ0n) is 12.8. The Morgan fingerprint density at radius 3 is 2.48 bits per heavy atom. The molecule has 1 atom stereocenters. The number of hydrogen-bond donors (Lipinski definition) is 1. The number of aliphatic carboxylic acids is 1. The second kappa shape index (κ2) is 6.70. The van der Waals surface area contributed by atoms with Crippen molar-refractivity contribution in [2.24, 2.45) is 5.92 Å². The summed E-state index contributed by atoms with van der Waals surface area (Å²) in [4.78, 5) is 40.4. The molecule has 2 fully saturated rings. The highest BCUT2D eigenvalue weighted by molar-refractivity contribution is 7.12. The van der Waals surface area contributed by atoms with E-state index >= 15 is 0 Å². The highest BCUT2D eigenvalue weighted by atomic mass is 32.1. The van der Waals surface area contributed by atoms with Gasteiger partial charge in [0, 0.05) is 19.6 Å². The van der Waals surface area contributed by atoms with Crippen molar-refractivity contribution in [3.8, 4) is 0 Å². The molecule has 7 heteroatoms. The maximum atomic E-state index is 12.7. The van der Waals surface area contributed by atoms with Crippen LogP contribution in [0.15, 0.2) is 17.5 Å². The van der Waals surface area contributed by atoms with E-state index < -0.39 is 12.0 Å². The third-order valence-electron chi connectivity index (χ3n) is 4.69. The number of carboxylic acid groups (broad SMARTS) is 1. The van der Waals surface area contributed by atoms with Gasteiger partial charge in [0.15, 0.2) is 0 Å². The van der Waals surface area contributed by atoms with E-state index in [-0.39, 0.29) is 17.7 Å². The lowest BCUT2D eigenvalue weighted by Crippen LogP contribution is -2.50. The van der Waals surface area contributed by atoms with Crippen LogP contribution in [0.4, 0.5) is 0 Å². The van der Waals surface area contributed by atoms with Gasteiger partial charge in [-0.05, 0) is 37.1 Å². The van der Waals surface area contributed by atoms with Crippen LogP contribution in [0, 0.1) is 5.92 Å². The van der Waals surface area contributed by atoms with Gasteiger partial charge in [-0.1, -0.05) is 6.07 Å². The summed E-state index contributed by atoms with van der Waals surface area (Å²) >= 11 is 1.39. The Hall–Kier alpha value is -1.89. The Balaban J connectivity index is 1.65. The predicted octanol–water partition coefficient (Wildman–Crippen LogP) is 1.68. The normalized spacial score (nSPS) is 22.3. The van der Waals surface area contributed by atoms with E-state index in [1.165, 1.54) is 11.3 Å². The van der Waals surface area contributed by atoms with E-state index in [2.05, 4.69) is 0 Å². The lowest BCUT2D eigenvalue weighted by atomic mass is 9.96.